The number of nitrogens with zero attached hydrogens (tertiary/aromatic N) is 1. The van der Waals surface area contributed by atoms with E-state index in [2.05, 4.69) is 10.3 Å². The highest BCUT2D eigenvalue weighted by Crippen LogP contribution is 2.34. The van der Waals surface area contributed by atoms with Crippen molar-refractivity contribution in [2.24, 2.45) is 5.73 Å². The summed E-state index contributed by atoms with van der Waals surface area (Å²) in [5.41, 5.74) is 6.08. The average molecular weight is 285 g/mol. The van der Waals surface area contributed by atoms with Crippen LogP contribution in [0.2, 0.25) is 0 Å². The van der Waals surface area contributed by atoms with Crippen LogP contribution in [0.4, 0.5) is 5.69 Å². The Hall–Kier alpha value is -3.09. The molecule has 3 rings (SSSR count). The zero-order valence-electron chi connectivity index (χ0n) is 10.8. The summed E-state index contributed by atoms with van der Waals surface area (Å²) in [6.07, 6.45) is 1.29. The van der Waals surface area contributed by atoms with E-state index in [4.69, 9.17) is 15.2 Å². The standard InChI is InChI=1S/C14H11N3O4/c15-13(18)10-3-1-8(6-16-10)14(19)17-9-2-4-11-12(5-9)21-7-20-11/h1-6H,7H2,(H2,15,18)(H,17,19). The maximum atomic E-state index is 12.1. The van der Waals surface area contributed by atoms with E-state index >= 15 is 0 Å². The van der Waals surface area contributed by atoms with Crippen LogP contribution in [0.15, 0.2) is 36.5 Å². The number of ether oxygens (including phenoxy) is 2. The van der Waals surface area contributed by atoms with E-state index in [9.17, 15) is 9.59 Å². The molecule has 1 aromatic heterocycles. The molecule has 2 amide bonds. The number of aromatic nitrogens is 1. The lowest BCUT2D eigenvalue weighted by Gasteiger charge is -2.06. The van der Waals surface area contributed by atoms with Gasteiger partial charge in [0.15, 0.2) is 11.5 Å². The highest BCUT2D eigenvalue weighted by Gasteiger charge is 2.15. The van der Waals surface area contributed by atoms with Crippen molar-refractivity contribution in [3.63, 3.8) is 0 Å². The number of benzene rings is 1. The Morgan fingerprint density at radius 3 is 2.67 bits per heavy atom. The van der Waals surface area contributed by atoms with E-state index in [0.29, 0.717) is 22.7 Å². The Bertz CT molecular complexity index is 713. The number of anilines is 1. The van der Waals surface area contributed by atoms with Crippen LogP contribution in [0, 0.1) is 0 Å². The summed E-state index contributed by atoms with van der Waals surface area (Å²) in [5.74, 6) is 0.227. The van der Waals surface area contributed by atoms with Crippen molar-refractivity contribution in [3.8, 4) is 11.5 Å². The molecule has 2 heterocycles. The van der Waals surface area contributed by atoms with Gasteiger partial charge in [-0.15, -0.1) is 0 Å². The van der Waals surface area contributed by atoms with Gasteiger partial charge >= 0.3 is 0 Å². The number of nitrogens with one attached hydrogen (secondary N) is 1. The predicted molar refractivity (Wildman–Crippen MR) is 73.3 cm³/mol. The van der Waals surface area contributed by atoms with Gasteiger partial charge in [-0.2, -0.15) is 0 Å². The normalized spacial score (nSPS) is 12.0. The highest BCUT2D eigenvalue weighted by molar-refractivity contribution is 6.04. The van der Waals surface area contributed by atoms with E-state index in [-0.39, 0.29) is 18.4 Å². The first-order valence-electron chi connectivity index (χ1n) is 6.10. The fraction of sp³-hybridized carbons (Fsp3) is 0.0714. The molecule has 0 saturated carbocycles. The SMILES string of the molecule is NC(=O)c1ccc(C(=O)Nc2ccc3c(c2)OCO3)cn1. The minimum absolute atomic E-state index is 0.106. The summed E-state index contributed by atoms with van der Waals surface area (Å²) in [4.78, 5) is 26.8. The largest absolute Gasteiger partial charge is 0.454 e. The summed E-state index contributed by atoms with van der Waals surface area (Å²) < 4.78 is 10.4. The predicted octanol–water partition coefficient (Wildman–Crippen LogP) is 1.16. The van der Waals surface area contributed by atoms with Gasteiger partial charge in [0.2, 0.25) is 6.79 Å². The molecular formula is C14H11N3O4. The molecule has 7 nitrogen and oxygen atoms in total. The van der Waals surface area contributed by atoms with Crippen molar-refractivity contribution in [3.05, 3.63) is 47.8 Å². The third-order valence-corrected chi connectivity index (χ3v) is 2.91. The molecule has 106 valence electrons. The maximum absolute atomic E-state index is 12.1. The number of primary amides is 1. The second kappa shape index (κ2) is 5.12. The molecule has 7 heteroatoms. The van der Waals surface area contributed by atoms with Crippen LogP contribution in [0.25, 0.3) is 0 Å². The van der Waals surface area contributed by atoms with Crippen molar-refractivity contribution < 1.29 is 19.1 Å². The quantitative estimate of drug-likeness (QED) is 0.880. The summed E-state index contributed by atoms with van der Waals surface area (Å²) in [6.45, 7) is 0.172. The second-order valence-corrected chi connectivity index (χ2v) is 4.32. The number of carbonyl (C=O) groups is 2. The van der Waals surface area contributed by atoms with Crippen LogP contribution in [0.3, 0.4) is 0 Å². The Labute approximate surface area is 119 Å². The third-order valence-electron chi connectivity index (χ3n) is 2.91. The summed E-state index contributed by atoms with van der Waals surface area (Å²) in [5, 5.41) is 2.71. The molecule has 0 spiro atoms. The number of carbonyl (C=O) groups excluding carboxylic acids is 2. The Morgan fingerprint density at radius 1 is 1.14 bits per heavy atom. The van der Waals surface area contributed by atoms with Crippen LogP contribution in [0.1, 0.15) is 20.8 Å². The van der Waals surface area contributed by atoms with Gasteiger partial charge in [0, 0.05) is 18.0 Å². The molecule has 0 saturated heterocycles. The zero-order chi connectivity index (χ0) is 14.8. The number of hydrogen-bond acceptors (Lipinski definition) is 5. The summed E-state index contributed by atoms with van der Waals surface area (Å²) in [7, 11) is 0. The lowest BCUT2D eigenvalue weighted by Crippen LogP contribution is -2.15. The number of fused-ring (bicyclic) bond motifs is 1. The number of amides is 2. The van der Waals surface area contributed by atoms with Crippen molar-refractivity contribution in [1.29, 1.82) is 0 Å². The molecule has 0 bridgehead atoms. The molecule has 0 aliphatic carbocycles. The van der Waals surface area contributed by atoms with Crippen molar-refractivity contribution >= 4 is 17.5 Å². The molecule has 1 aromatic carbocycles. The van der Waals surface area contributed by atoms with Crippen LogP contribution in [-0.2, 0) is 0 Å². The fourth-order valence-electron chi connectivity index (χ4n) is 1.85. The molecule has 2 aromatic rings. The second-order valence-electron chi connectivity index (χ2n) is 4.32. The molecule has 0 radical (unpaired) electrons. The Balaban J connectivity index is 1.75. The van der Waals surface area contributed by atoms with Crippen LogP contribution >= 0.6 is 0 Å². The summed E-state index contributed by atoms with van der Waals surface area (Å²) in [6, 6.07) is 7.97. The third kappa shape index (κ3) is 2.62. The van der Waals surface area contributed by atoms with Crippen LogP contribution in [0.5, 0.6) is 11.5 Å². The molecule has 3 N–H and O–H groups in total. The van der Waals surface area contributed by atoms with Crippen molar-refractivity contribution in [2.45, 2.75) is 0 Å². The van der Waals surface area contributed by atoms with E-state index in [1.165, 1.54) is 18.3 Å². The number of rotatable bonds is 3. The minimum Gasteiger partial charge on any atom is -0.454 e. The topological polar surface area (TPSA) is 104 Å². The Morgan fingerprint density at radius 2 is 1.95 bits per heavy atom. The maximum Gasteiger partial charge on any atom is 0.267 e. The van der Waals surface area contributed by atoms with Crippen LogP contribution < -0.4 is 20.5 Å². The van der Waals surface area contributed by atoms with E-state index in [0.717, 1.165) is 0 Å². The van der Waals surface area contributed by atoms with Gasteiger partial charge in [-0.05, 0) is 24.3 Å². The molecule has 1 aliphatic heterocycles. The number of pyridine rings is 1. The van der Waals surface area contributed by atoms with E-state index < -0.39 is 5.91 Å². The van der Waals surface area contributed by atoms with Gasteiger partial charge in [0.1, 0.15) is 5.69 Å². The highest BCUT2D eigenvalue weighted by atomic mass is 16.7. The first kappa shape index (κ1) is 12.9. The molecule has 0 fully saturated rings. The van der Waals surface area contributed by atoms with Gasteiger partial charge in [0.05, 0.1) is 5.56 Å². The van der Waals surface area contributed by atoms with E-state index in [1.54, 1.807) is 18.2 Å². The van der Waals surface area contributed by atoms with Crippen molar-refractivity contribution in [2.75, 3.05) is 12.1 Å². The lowest BCUT2D eigenvalue weighted by atomic mass is 10.2. The Kier molecular flexibility index (Phi) is 3.15. The average Bonchev–Trinajstić information content (AvgIpc) is 2.95. The van der Waals surface area contributed by atoms with Crippen LogP contribution in [-0.4, -0.2) is 23.6 Å². The fourth-order valence-corrected chi connectivity index (χ4v) is 1.85. The first-order chi connectivity index (χ1) is 10.1. The smallest absolute Gasteiger partial charge is 0.267 e. The number of hydrogen-bond donors (Lipinski definition) is 2. The zero-order valence-corrected chi connectivity index (χ0v) is 10.8. The lowest BCUT2D eigenvalue weighted by molar-refractivity contribution is 0.0990. The van der Waals surface area contributed by atoms with Gasteiger partial charge in [0.25, 0.3) is 11.8 Å². The minimum atomic E-state index is -0.641. The van der Waals surface area contributed by atoms with Gasteiger partial charge in [-0.3, -0.25) is 14.6 Å². The summed E-state index contributed by atoms with van der Waals surface area (Å²) >= 11 is 0. The van der Waals surface area contributed by atoms with Gasteiger partial charge in [-0.1, -0.05) is 0 Å². The molecular weight excluding hydrogens is 274 g/mol. The molecule has 0 unspecified atom stereocenters. The van der Waals surface area contributed by atoms with E-state index in [1.807, 2.05) is 0 Å². The van der Waals surface area contributed by atoms with Gasteiger partial charge < -0.3 is 20.5 Å². The van der Waals surface area contributed by atoms with Crippen molar-refractivity contribution in [1.82, 2.24) is 4.98 Å². The van der Waals surface area contributed by atoms with Gasteiger partial charge in [-0.25, -0.2) is 0 Å². The molecule has 1 aliphatic rings. The molecule has 0 atom stereocenters. The molecule has 21 heavy (non-hydrogen) atoms. The monoisotopic (exact) mass is 285 g/mol. The number of nitrogens with two attached hydrogens (primary N) is 1. The first-order valence-corrected chi connectivity index (χ1v) is 6.10.